The Morgan fingerprint density at radius 3 is 2.45 bits per heavy atom. The molecule has 0 aromatic heterocycles. The molecular weight excluding hydrogens is 443 g/mol. The Kier molecular flexibility index (Phi) is 6.47. The number of amides is 2. The number of rotatable bonds is 7. The number of anilines is 2. The Bertz CT molecular complexity index is 1250. The summed E-state index contributed by atoms with van der Waals surface area (Å²) >= 11 is 6.24. The summed E-state index contributed by atoms with van der Waals surface area (Å²) in [5, 5.41) is 3.59. The second-order valence-corrected chi connectivity index (χ2v) is 8.04. The van der Waals surface area contributed by atoms with E-state index in [-0.39, 0.29) is 11.3 Å². The van der Waals surface area contributed by atoms with Gasteiger partial charge in [-0.15, -0.1) is 0 Å². The molecule has 33 heavy (non-hydrogen) atoms. The number of carbonyl (C=O) groups excluding carboxylic acids is 2. The normalized spacial score (nSPS) is 13.6. The quantitative estimate of drug-likeness (QED) is 0.437. The lowest BCUT2D eigenvalue weighted by Crippen LogP contribution is -2.32. The van der Waals surface area contributed by atoms with Crippen LogP contribution in [-0.4, -0.2) is 18.4 Å². The van der Waals surface area contributed by atoms with Crippen LogP contribution in [0.1, 0.15) is 24.5 Å². The van der Waals surface area contributed by atoms with Crippen molar-refractivity contribution in [3.8, 4) is 5.75 Å². The molecule has 3 aromatic rings. The van der Waals surface area contributed by atoms with Gasteiger partial charge in [-0.05, 0) is 60.9 Å². The molecule has 7 heteroatoms. The molecule has 0 unspecified atom stereocenters. The smallest absolute Gasteiger partial charge is 0.282 e. The highest BCUT2D eigenvalue weighted by molar-refractivity contribution is 6.46. The summed E-state index contributed by atoms with van der Waals surface area (Å²) < 4.78 is 19.2. The van der Waals surface area contributed by atoms with Gasteiger partial charge in [0.05, 0.1) is 17.9 Å². The first-order chi connectivity index (χ1) is 15.9. The molecule has 0 atom stereocenters. The van der Waals surface area contributed by atoms with Crippen LogP contribution in [0.25, 0.3) is 5.57 Å². The molecule has 0 radical (unpaired) electrons. The van der Waals surface area contributed by atoms with Gasteiger partial charge in [0.2, 0.25) is 0 Å². The number of aryl methyl sites for hydroxylation is 1. The van der Waals surface area contributed by atoms with E-state index in [1.807, 2.05) is 19.9 Å². The van der Waals surface area contributed by atoms with Crippen molar-refractivity contribution in [2.24, 2.45) is 0 Å². The Morgan fingerprint density at radius 2 is 1.76 bits per heavy atom. The molecule has 1 N–H and O–H groups in total. The maximum absolute atomic E-state index is 13.5. The molecule has 4 rings (SSSR count). The number of carbonyl (C=O) groups is 2. The third-order valence-corrected chi connectivity index (χ3v) is 5.61. The van der Waals surface area contributed by atoms with E-state index < -0.39 is 17.6 Å². The minimum atomic E-state index is -0.524. The highest BCUT2D eigenvalue weighted by Gasteiger charge is 2.40. The van der Waals surface area contributed by atoms with Crippen LogP contribution in [0.2, 0.25) is 5.02 Å². The van der Waals surface area contributed by atoms with Gasteiger partial charge in [0.1, 0.15) is 17.3 Å². The summed E-state index contributed by atoms with van der Waals surface area (Å²) in [6, 6.07) is 17.5. The zero-order valence-corrected chi connectivity index (χ0v) is 18.9. The molecule has 0 saturated heterocycles. The Labute approximate surface area is 196 Å². The van der Waals surface area contributed by atoms with E-state index in [0.717, 1.165) is 16.9 Å². The average molecular weight is 465 g/mol. The van der Waals surface area contributed by atoms with Crippen LogP contribution in [0.5, 0.6) is 5.75 Å². The van der Waals surface area contributed by atoms with Crippen molar-refractivity contribution in [1.29, 1.82) is 0 Å². The van der Waals surface area contributed by atoms with Crippen molar-refractivity contribution in [3.63, 3.8) is 0 Å². The summed E-state index contributed by atoms with van der Waals surface area (Å²) in [7, 11) is 0. The minimum absolute atomic E-state index is 0.0893. The monoisotopic (exact) mass is 464 g/mol. The van der Waals surface area contributed by atoms with Crippen molar-refractivity contribution >= 4 is 40.4 Å². The largest absolute Gasteiger partial charge is 0.494 e. The fourth-order valence-corrected chi connectivity index (χ4v) is 3.69. The zero-order valence-electron chi connectivity index (χ0n) is 18.2. The molecule has 1 heterocycles. The molecule has 5 nitrogen and oxygen atoms in total. The van der Waals surface area contributed by atoms with Crippen molar-refractivity contribution in [1.82, 2.24) is 0 Å². The molecule has 1 aliphatic heterocycles. The second kappa shape index (κ2) is 9.46. The predicted octanol–water partition coefficient (Wildman–Crippen LogP) is 5.97. The third-order valence-electron chi connectivity index (χ3n) is 5.21. The Balaban J connectivity index is 1.77. The van der Waals surface area contributed by atoms with Gasteiger partial charge in [0, 0.05) is 16.8 Å². The summed E-state index contributed by atoms with van der Waals surface area (Å²) in [6.45, 7) is 4.38. The molecule has 1 aliphatic rings. The van der Waals surface area contributed by atoms with Crippen LogP contribution in [-0.2, 0) is 9.59 Å². The van der Waals surface area contributed by atoms with E-state index in [2.05, 4.69) is 5.32 Å². The molecule has 0 saturated carbocycles. The maximum atomic E-state index is 13.5. The molecule has 0 fully saturated rings. The number of nitrogens with one attached hydrogen (secondary N) is 1. The SMILES string of the molecule is CCCOc1cccc(N2C(=O)C(Nc3ccc(C)c(Cl)c3)=C(c3ccc(F)cc3)C2=O)c1. The third kappa shape index (κ3) is 4.61. The van der Waals surface area contributed by atoms with Crippen molar-refractivity contribution in [3.05, 3.63) is 94.4 Å². The van der Waals surface area contributed by atoms with E-state index in [4.69, 9.17) is 16.3 Å². The van der Waals surface area contributed by atoms with Crippen molar-refractivity contribution in [2.75, 3.05) is 16.8 Å². The van der Waals surface area contributed by atoms with Crippen LogP contribution in [0, 0.1) is 12.7 Å². The zero-order chi connectivity index (χ0) is 23.5. The topological polar surface area (TPSA) is 58.6 Å². The lowest BCUT2D eigenvalue weighted by atomic mass is 10.0. The Hall–Kier alpha value is -3.64. The standard InChI is InChI=1S/C26H22ClFN2O3/c1-3-13-33-21-6-4-5-20(15-21)30-25(31)23(17-8-10-18(28)11-9-17)24(26(30)32)29-19-12-7-16(2)22(27)14-19/h4-12,14-15,29H,3,13H2,1-2H3. The lowest BCUT2D eigenvalue weighted by molar-refractivity contribution is -0.120. The summed E-state index contributed by atoms with van der Waals surface area (Å²) in [4.78, 5) is 28.1. The van der Waals surface area contributed by atoms with Gasteiger partial charge >= 0.3 is 0 Å². The number of imide groups is 1. The molecule has 2 amide bonds. The van der Waals surface area contributed by atoms with Gasteiger partial charge in [-0.1, -0.05) is 42.8 Å². The van der Waals surface area contributed by atoms with Crippen LogP contribution in [0.15, 0.2) is 72.4 Å². The number of nitrogens with zero attached hydrogens (tertiary/aromatic N) is 1. The summed E-state index contributed by atoms with van der Waals surface area (Å²) in [5.41, 5.74) is 2.49. The molecular formula is C26H22ClFN2O3. The number of hydrogen-bond acceptors (Lipinski definition) is 4. The van der Waals surface area contributed by atoms with Gasteiger partial charge < -0.3 is 10.1 Å². The molecule has 168 valence electrons. The highest BCUT2D eigenvalue weighted by atomic mass is 35.5. The van der Waals surface area contributed by atoms with Gasteiger partial charge in [-0.3, -0.25) is 9.59 Å². The molecule has 3 aromatic carbocycles. The minimum Gasteiger partial charge on any atom is -0.494 e. The van der Waals surface area contributed by atoms with E-state index in [0.29, 0.717) is 34.3 Å². The molecule has 0 aliphatic carbocycles. The number of halogens is 2. The van der Waals surface area contributed by atoms with Crippen molar-refractivity contribution in [2.45, 2.75) is 20.3 Å². The van der Waals surface area contributed by atoms with Crippen LogP contribution >= 0.6 is 11.6 Å². The lowest BCUT2D eigenvalue weighted by Gasteiger charge is -2.17. The van der Waals surface area contributed by atoms with Gasteiger partial charge in [0.15, 0.2) is 0 Å². The summed E-state index contributed by atoms with van der Waals surface area (Å²) in [6.07, 6.45) is 0.829. The number of benzene rings is 3. The maximum Gasteiger partial charge on any atom is 0.282 e. The fraction of sp³-hybridized carbons (Fsp3) is 0.154. The first kappa shape index (κ1) is 22.6. The number of ether oxygens (including phenoxy) is 1. The van der Waals surface area contributed by atoms with Gasteiger partial charge in [0.25, 0.3) is 11.8 Å². The van der Waals surface area contributed by atoms with E-state index in [1.165, 1.54) is 24.3 Å². The first-order valence-corrected chi connectivity index (χ1v) is 10.9. The molecule has 0 bridgehead atoms. The van der Waals surface area contributed by atoms with Gasteiger partial charge in [-0.25, -0.2) is 9.29 Å². The van der Waals surface area contributed by atoms with E-state index >= 15 is 0 Å². The highest BCUT2D eigenvalue weighted by Crippen LogP contribution is 2.35. The number of hydrogen-bond donors (Lipinski definition) is 1. The first-order valence-electron chi connectivity index (χ1n) is 10.5. The van der Waals surface area contributed by atoms with Crippen LogP contribution in [0.3, 0.4) is 0 Å². The average Bonchev–Trinajstić information content (AvgIpc) is 3.05. The van der Waals surface area contributed by atoms with E-state index in [9.17, 15) is 14.0 Å². The summed E-state index contributed by atoms with van der Waals surface area (Å²) in [5.74, 6) is -0.915. The van der Waals surface area contributed by atoms with Crippen LogP contribution in [0.4, 0.5) is 15.8 Å². The molecule has 0 spiro atoms. The van der Waals surface area contributed by atoms with Gasteiger partial charge in [-0.2, -0.15) is 0 Å². The van der Waals surface area contributed by atoms with Crippen molar-refractivity contribution < 1.29 is 18.7 Å². The predicted molar refractivity (Wildman–Crippen MR) is 128 cm³/mol. The Morgan fingerprint density at radius 1 is 1.00 bits per heavy atom. The fourth-order valence-electron chi connectivity index (χ4n) is 3.51. The van der Waals surface area contributed by atoms with Crippen LogP contribution < -0.4 is 15.0 Å². The second-order valence-electron chi connectivity index (χ2n) is 7.64. The van der Waals surface area contributed by atoms with E-state index in [1.54, 1.807) is 36.4 Å².